The average Bonchev–Trinajstić information content (AvgIpc) is 3.24. The first kappa shape index (κ1) is 23.5. The number of aryl methyl sites for hydroxylation is 1. The second-order valence-electron chi connectivity index (χ2n) is 11.2. The molecule has 4 aromatic rings. The van der Waals surface area contributed by atoms with Crippen molar-refractivity contribution in [1.82, 2.24) is 24.0 Å². The SMILES string of the molecule is CCn1c(-c2cnc(-c3ccccc3)n2CC2CC2)nc2cc(C(=O)N3C[C@@H]4CC[C@]3(N)C4)cc(OC)c21. The fourth-order valence-electron chi connectivity index (χ4n) is 6.57. The van der Waals surface area contributed by atoms with Gasteiger partial charge < -0.3 is 24.5 Å². The number of nitrogens with two attached hydrogens (primary N) is 1. The lowest BCUT2D eigenvalue weighted by Crippen LogP contribution is -2.54. The van der Waals surface area contributed by atoms with Gasteiger partial charge in [0.15, 0.2) is 5.82 Å². The molecular weight excluding hydrogens is 476 g/mol. The number of imidazole rings is 2. The van der Waals surface area contributed by atoms with Gasteiger partial charge in [-0.3, -0.25) is 4.79 Å². The molecule has 2 aromatic heterocycles. The van der Waals surface area contributed by atoms with Crippen LogP contribution in [-0.2, 0) is 13.1 Å². The van der Waals surface area contributed by atoms with Crippen molar-refractivity contribution in [2.24, 2.45) is 17.6 Å². The van der Waals surface area contributed by atoms with Crippen LogP contribution >= 0.6 is 0 Å². The number of methoxy groups -OCH3 is 1. The predicted octanol–water partition coefficient (Wildman–Crippen LogP) is 4.92. The number of aromatic nitrogens is 4. The highest BCUT2D eigenvalue weighted by molar-refractivity contribution is 6.00. The second kappa shape index (κ2) is 8.70. The molecule has 3 aliphatic rings. The number of hydrogen-bond donors (Lipinski definition) is 1. The first-order valence-electron chi connectivity index (χ1n) is 13.8. The normalized spacial score (nSPS) is 22.5. The highest BCUT2D eigenvalue weighted by Crippen LogP contribution is 2.44. The number of benzene rings is 2. The molecule has 196 valence electrons. The van der Waals surface area contributed by atoms with E-state index in [2.05, 4.69) is 28.2 Å². The Morgan fingerprint density at radius 1 is 1.13 bits per heavy atom. The van der Waals surface area contributed by atoms with E-state index in [1.165, 1.54) is 12.8 Å². The lowest BCUT2D eigenvalue weighted by Gasteiger charge is -2.35. The van der Waals surface area contributed by atoms with E-state index in [1.54, 1.807) is 7.11 Å². The Morgan fingerprint density at radius 3 is 2.61 bits per heavy atom. The fourth-order valence-corrected chi connectivity index (χ4v) is 6.57. The maximum Gasteiger partial charge on any atom is 0.255 e. The first-order valence-corrected chi connectivity index (χ1v) is 13.8. The molecule has 0 spiro atoms. The maximum atomic E-state index is 13.7. The third kappa shape index (κ3) is 3.65. The molecule has 1 amide bonds. The molecule has 2 aromatic carbocycles. The van der Waals surface area contributed by atoms with Crippen molar-refractivity contribution in [2.45, 2.75) is 57.8 Å². The van der Waals surface area contributed by atoms with Crippen LogP contribution in [0.15, 0.2) is 48.7 Å². The molecule has 2 bridgehead atoms. The Balaban J connectivity index is 1.35. The zero-order chi connectivity index (χ0) is 26.0. The predicted molar refractivity (Wildman–Crippen MR) is 147 cm³/mol. The van der Waals surface area contributed by atoms with Crippen LogP contribution in [0, 0.1) is 11.8 Å². The maximum absolute atomic E-state index is 13.7. The number of fused-ring (bicyclic) bond motifs is 3. The van der Waals surface area contributed by atoms with Gasteiger partial charge in [-0.2, -0.15) is 0 Å². The van der Waals surface area contributed by atoms with E-state index in [-0.39, 0.29) is 5.91 Å². The number of ether oxygens (including phenoxy) is 1. The van der Waals surface area contributed by atoms with E-state index < -0.39 is 5.66 Å². The molecule has 0 radical (unpaired) electrons. The Bertz CT molecular complexity index is 1540. The summed E-state index contributed by atoms with van der Waals surface area (Å²) >= 11 is 0. The number of piperidine rings is 1. The van der Waals surface area contributed by atoms with Gasteiger partial charge in [0, 0.05) is 30.8 Å². The Morgan fingerprint density at radius 2 is 1.95 bits per heavy atom. The molecule has 8 nitrogen and oxygen atoms in total. The summed E-state index contributed by atoms with van der Waals surface area (Å²) in [6, 6.07) is 14.1. The van der Waals surface area contributed by atoms with Gasteiger partial charge in [0.05, 0.1) is 24.5 Å². The summed E-state index contributed by atoms with van der Waals surface area (Å²) in [5, 5.41) is 0. The summed E-state index contributed by atoms with van der Waals surface area (Å²) in [5.74, 6) is 3.60. The minimum Gasteiger partial charge on any atom is -0.494 e. The number of carbonyl (C=O) groups is 1. The number of likely N-dealkylation sites (tertiary alicyclic amines) is 1. The van der Waals surface area contributed by atoms with E-state index in [0.29, 0.717) is 29.7 Å². The van der Waals surface area contributed by atoms with Crippen LogP contribution in [0.5, 0.6) is 5.75 Å². The molecule has 2 saturated carbocycles. The summed E-state index contributed by atoms with van der Waals surface area (Å²) in [4.78, 5) is 25.5. The standard InChI is InChI=1S/C30H34N6O2/c1-3-34-26-23(13-22(14-25(26)38-2)29(37)36-18-20-11-12-30(36,31)15-20)33-28(34)24-16-32-27(21-7-5-4-6-8-21)35(24)17-19-9-10-19/h4-8,13-14,16,19-20H,3,9-12,15,17-18,31H2,1-2H3/t20-,30-/m1/s1. The lowest BCUT2D eigenvalue weighted by molar-refractivity contribution is 0.0555. The molecule has 2 aliphatic carbocycles. The third-order valence-electron chi connectivity index (χ3n) is 8.70. The number of nitrogens with zero attached hydrogens (tertiary/aromatic N) is 5. The highest BCUT2D eigenvalue weighted by atomic mass is 16.5. The Hall–Kier alpha value is -3.65. The second-order valence-corrected chi connectivity index (χ2v) is 11.2. The van der Waals surface area contributed by atoms with Crippen molar-refractivity contribution >= 4 is 16.9 Å². The summed E-state index contributed by atoms with van der Waals surface area (Å²) in [5.41, 5.74) is 10.4. The molecule has 1 saturated heterocycles. The number of carbonyl (C=O) groups excluding carboxylic acids is 1. The quantitative estimate of drug-likeness (QED) is 0.381. The summed E-state index contributed by atoms with van der Waals surface area (Å²) < 4.78 is 10.4. The van der Waals surface area contributed by atoms with Crippen molar-refractivity contribution in [1.29, 1.82) is 0 Å². The molecule has 8 heteroatoms. The van der Waals surface area contributed by atoms with Gasteiger partial charge in [-0.15, -0.1) is 0 Å². The van der Waals surface area contributed by atoms with Gasteiger partial charge in [0.2, 0.25) is 0 Å². The minimum atomic E-state index is -0.527. The van der Waals surface area contributed by atoms with Gasteiger partial charge in [-0.25, -0.2) is 9.97 Å². The molecule has 1 aliphatic heterocycles. The molecule has 2 atom stereocenters. The molecular formula is C30H34N6O2. The monoisotopic (exact) mass is 510 g/mol. The van der Waals surface area contributed by atoms with Gasteiger partial charge in [0.1, 0.15) is 22.8 Å². The van der Waals surface area contributed by atoms with Crippen LogP contribution < -0.4 is 10.5 Å². The molecule has 7 rings (SSSR count). The van der Waals surface area contributed by atoms with E-state index in [0.717, 1.165) is 66.3 Å². The largest absolute Gasteiger partial charge is 0.494 e. The van der Waals surface area contributed by atoms with Gasteiger partial charge >= 0.3 is 0 Å². The zero-order valence-corrected chi connectivity index (χ0v) is 22.1. The minimum absolute atomic E-state index is 0.0346. The molecule has 2 N–H and O–H groups in total. The molecule has 0 unspecified atom stereocenters. The summed E-state index contributed by atoms with van der Waals surface area (Å²) in [6.07, 6.45) is 7.29. The van der Waals surface area contributed by atoms with Crippen molar-refractivity contribution in [2.75, 3.05) is 13.7 Å². The van der Waals surface area contributed by atoms with Crippen LogP contribution in [0.25, 0.3) is 33.9 Å². The molecule has 3 heterocycles. The number of hydrogen-bond acceptors (Lipinski definition) is 5. The van der Waals surface area contributed by atoms with Crippen LogP contribution in [0.2, 0.25) is 0 Å². The molecule has 38 heavy (non-hydrogen) atoms. The van der Waals surface area contributed by atoms with Crippen LogP contribution in [-0.4, -0.2) is 49.2 Å². The van der Waals surface area contributed by atoms with Crippen molar-refractivity contribution in [3.05, 3.63) is 54.2 Å². The third-order valence-corrected chi connectivity index (χ3v) is 8.70. The van der Waals surface area contributed by atoms with Crippen LogP contribution in [0.4, 0.5) is 0 Å². The number of amides is 1. The zero-order valence-electron chi connectivity index (χ0n) is 22.1. The van der Waals surface area contributed by atoms with E-state index >= 15 is 0 Å². The fraction of sp³-hybridized carbons (Fsp3) is 0.433. The van der Waals surface area contributed by atoms with Crippen molar-refractivity contribution in [3.63, 3.8) is 0 Å². The summed E-state index contributed by atoms with van der Waals surface area (Å²) in [6.45, 7) is 4.47. The Labute approximate surface area is 222 Å². The molecule has 3 fully saturated rings. The smallest absolute Gasteiger partial charge is 0.255 e. The topological polar surface area (TPSA) is 91.2 Å². The van der Waals surface area contributed by atoms with Gasteiger partial charge in [0.25, 0.3) is 5.91 Å². The Kier molecular flexibility index (Phi) is 5.37. The van der Waals surface area contributed by atoms with E-state index in [4.69, 9.17) is 20.4 Å². The first-order chi connectivity index (χ1) is 18.5. The van der Waals surface area contributed by atoms with Crippen molar-refractivity contribution < 1.29 is 9.53 Å². The number of rotatable bonds is 7. The average molecular weight is 511 g/mol. The van der Waals surface area contributed by atoms with Crippen molar-refractivity contribution in [3.8, 4) is 28.7 Å². The van der Waals surface area contributed by atoms with E-state index in [9.17, 15) is 4.79 Å². The van der Waals surface area contributed by atoms with E-state index in [1.807, 2.05) is 41.4 Å². The van der Waals surface area contributed by atoms with Crippen LogP contribution in [0.3, 0.4) is 0 Å². The lowest BCUT2D eigenvalue weighted by atomic mass is 10.1. The van der Waals surface area contributed by atoms with Gasteiger partial charge in [-0.1, -0.05) is 30.3 Å². The van der Waals surface area contributed by atoms with Crippen LogP contribution in [0.1, 0.15) is 49.4 Å². The highest BCUT2D eigenvalue weighted by Gasteiger charge is 2.50. The summed E-state index contributed by atoms with van der Waals surface area (Å²) in [7, 11) is 1.66. The van der Waals surface area contributed by atoms with Gasteiger partial charge in [-0.05, 0) is 63.0 Å².